The van der Waals surface area contributed by atoms with Crippen LogP contribution in [-0.4, -0.2) is 4.98 Å². The van der Waals surface area contributed by atoms with Gasteiger partial charge in [-0.1, -0.05) is 18.2 Å². The van der Waals surface area contributed by atoms with Crippen molar-refractivity contribution in [2.75, 3.05) is 0 Å². The highest BCUT2D eigenvalue weighted by atomic mass is 79.9. The number of hydrogen-bond acceptors (Lipinski definition) is 3. The van der Waals surface area contributed by atoms with Gasteiger partial charge in [0.2, 0.25) is 0 Å². The lowest BCUT2D eigenvalue weighted by atomic mass is 10.00. The quantitative estimate of drug-likeness (QED) is 0.772. The smallest absolute Gasteiger partial charge is 0.0702 e. The number of thiophene rings is 1. The first-order valence-electron chi connectivity index (χ1n) is 5.59. The van der Waals surface area contributed by atoms with Crippen LogP contribution in [0.3, 0.4) is 0 Å². The molecule has 0 spiro atoms. The zero-order valence-corrected chi connectivity index (χ0v) is 11.9. The number of pyridine rings is 1. The minimum absolute atomic E-state index is 0.103. The molecule has 3 aromatic rings. The Hall–Kier alpha value is -1.23. The first-order chi connectivity index (χ1) is 8.75. The summed E-state index contributed by atoms with van der Waals surface area (Å²) in [6.45, 7) is 0. The van der Waals surface area contributed by atoms with Crippen LogP contribution in [0.4, 0.5) is 0 Å². The topological polar surface area (TPSA) is 38.9 Å². The van der Waals surface area contributed by atoms with E-state index >= 15 is 0 Å². The van der Waals surface area contributed by atoms with Crippen molar-refractivity contribution in [3.8, 4) is 0 Å². The van der Waals surface area contributed by atoms with Crippen LogP contribution in [0.15, 0.2) is 52.6 Å². The Kier molecular flexibility index (Phi) is 3.16. The highest BCUT2D eigenvalue weighted by Crippen LogP contribution is 2.32. The molecular weight excluding hydrogens is 308 g/mol. The zero-order valence-electron chi connectivity index (χ0n) is 9.51. The molecule has 0 aliphatic heterocycles. The van der Waals surface area contributed by atoms with Gasteiger partial charge in [-0.15, -0.1) is 11.3 Å². The van der Waals surface area contributed by atoms with Gasteiger partial charge in [0.1, 0.15) is 0 Å². The molecule has 1 unspecified atom stereocenters. The molecule has 3 rings (SSSR count). The number of benzene rings is 1. The van der Waals surface area contributed by atoms with Crippen LogP contribution < -0.4 is 5.73 Å². The van der Waals surface area contributed by atoms with Gasteiger partial charge in [-0.25, -0.2) is 0 Å². The standard InChI is InChI=1S/C14H11BrN2S/c15-13-5-4-12(18-13)14(16)10-3-1-2-9-6-7-17-8-11(9)10/h1-8,14H,16H2. The fourth-order valence-electron chi connectivity index (χ4n) is 2.06. The van der Waals surface area contributed by atoms with Gasteiger partial charge in [-0.3, -0.25) is 4.98 Å². The highest BCUT2D eigenvalue weighted by molar-refractivity contribution is 9.11. The molecule has 0 amide bonds. The summed E-state index contributed by atoms with van der Waals surface area (Å²) < 4.78 is 1.10. The monoisotopic (exact) mass is 318 g/mol. The fourth-order valence-corrected chi connectivity index (χ4v) is 3.50. The van der Waals surface area contributed by atoms with E-state index in [2.05, 4.69) is 39.1 Å². The molecule has 0 radical (unpaired) electrons. The van der Waals surface area contributed by atoms with Crippen molar-refractivity contribution in [2.45, 2.75) is 6.04 Å². The minimum atomic E-state index is -0.103. The predicted molar refractivity (Wildman–Crippen MR) is 79.8 cm³/mol. The highest BCUT2D eigenvalue weighted by Gasteiger charge is 2.13. The van der Waals surface area contributed by atoms with Crippen LogP contribution in [0.5, 0.6) is 0 Å². The van der Waals surface area contributed by atoms with Crippen molar-refractivity contribution >= 4 is 38.0 Å². The average molecular weight is 319 g/mol. The molecule has 2 aromatic heterocycles. The Labute approximate surface area is 118 Å². The van der Waals surface area contributed by atoms with Crippen LogP contribution in [0.2, 0.25) is 0 Å². The summed E-state index contributed by atoms with van der Waals surface area (Å²) in [7, 11) is 0. The molecule has 90 valence electrons. The fraction of sp³-hybridized carbons (Fsp3) is 0.0714. The third-order valence-electron chi connectivity index (χ3n) is 2.95. The Balaban J connectivity index is 2.14. The molecule has 1 atom stereocenters. The molecule has 0 aliphatic rings. The number of nitrogens with zero attached hydrogens (tertiary/aromatic N) is 1. The number of nitrogens with two attached hydrogens (primary N) is 1. The lowest BCUT2D eigenvalue weighted by Crippen LogP contribution is -2.10. The van der Waals surface area contributed by atoms with Crippen molar-refractivity contribution in [1.82, 2.24) is 4.98 Å². The van der Waals surface area contributed by atoms with Gasteiger partial charge in [0.15, 0.2) is 0 Å². The summed E-state index contributed by atoms with van der Waals surface area (Å²) >= 11 is 5.14. The van der Waals surface area contributed by atoms with Crippen molar-refractivity contribution in [3.63, 3.8) is 0 Å². The third kappa shape index (κ3) is 2.07. The second kappa shape index (κ2) is 4.80. The van der Waals surface area contributed by atoms with E-state index in [4.69, 9.17) is 5.73 Å². The maximum Gasteiger partial charge on any atom is 0.0702 e. The van der Waals surface area contributed by atoms with E-state index in [9.17, 15) is 0 Å². The van der Waals surface area contributed by atoms with E-state index in [-0.39, 0.29) is 6.04 Å². The van der Waals surface area contributed by atoms with Crippen LogP contribution in [-0.2, 0) is 0 Å². The van der Waals surface area contributed by atoms with E-state index in [0.29, 0.717) is 0 Å². The van der Waals surface area contributed by atoms with Crippen molar-refractivity contribution in [3.05, 3.63) is 63.0 Å². The summed E-state index contributed by atoms with van der Waals surface area (Å²) in [5.41, 5.74) is 7.48. The van der Waals surface area contributed by atoms with E-state index in [1.54, 1.807) is 17.5 Å². The van der Waals surface area contributed by atoms with Gasteiger partial charge in [0, 0.05) is 22.7 Å². The molecule has 2 N–H and O–H groups in total. The largest absolute Gasteiger partial charge is 0.320 e. The Morgan fingerprint density at radius 2 is 2.06 bits per heavy atom. The maximum atomic E-state index is 6.36. The normalized spacial score (nSPS) is 12.8. The molecule has 0 aliphatic carbocycles. The van der Waals surface area contributed by atoms with Gasteiger partial charge in [-0.05, 0) is 45.1 Å². The average Bonchev–Trinajstić information content (AvgIpc) is 2.84. The van der Waals surface area contributed by atoms with Crippen LogP contribution >= 0.6 is 27.3 Å². The summed E-state index contributed by atoms with van der Waals surface area (Å²) in [5, 5.41) is 2.30. The first kappa shape index (κ1) is 11.8. The number of aromatic nitrogens is 1. The summed E-state index contributed by atoms with van der Waals surface area (Å²) in [5.74, 6) is 0. The van der Waals surface area contributed by atoms with Crippen LogP contribution in [0.1, 0.15) is 16.5 Å². The second-order valence-corrected chi connectivity index (χ2v) is 6.56. The van der Waals surface area contributed by atoms with Gasteiger partial charge >= 0.3 is 0 Å². The SMILES string of the molecule is NC(c1ccc(Br)s1)c1cccc2ccncc12. The van der Waals surface area contributed by atoms with Crippen LogP contribution in [0.25, 0.3) is 10.8 Å². The van der Waals surface area contributed by atoms with Gasteiger partial charge in [0.25, 0.3) is 0 Å². The molecule has 0 saturated heterocycles. The molecule has 1 aromatic carbocycles. The van der Waals surface area contributed by atoms with Crippen LogP contribution in [0, 0.1) is 0 Å². The Bertz CT molecular complexity index is 688. The summed E-state index contributed by atoms with van der Waals surface area (Å²) in [6, 6.07) is 12.2. The van der Waals surface area contributed by atoms with E-state index in [1.807, 2.05) is 24.4 Å². The molecule has 2 heterocycles. The molecule has 0 bridgehead atoms. The Morgan fingerprint density at radius 1 is 1.17 bits per heavy atom. The second-order valence-electron chi connectivity index (χ2n) is 4.06. The lowest BCUT2D eigenvalue weighted by molar-refractivity contribution is 0.903. The first-order valence-corrected chi connectivity index (χ1v) is 7.20. The molecule has 0 saturated carbocycles. The lowest BCUT2D eigenvalue weighted by Gasteiger charge is -2.12. The van der Waals surface area contributed by atoms with E-state index in [0.717, 1.165) is 19.6 Å². The molecule has 0 fully saturated rings. The number of halogens is 1. The number of fused-ring (bicyclic) bond motifs is 1. The minimum Gasteiger partial charge on any atom is -0.320 e. The molecular formula is C14H11BrN2S. The van der Waals surface area contributed by atoms with Crippen molar-refractivity contribution in [2.24, 2.45) is 5.73 Å². The van der Waals surface area contributed by atoms with Crippen molar-refractivity contribution in [1.29, 1.82) is 0 Å². The van der Waals surface area contributed by atoms with E-state index < -0.39 is 0 Å². The maximum absolute atomic E-state index is 6.36. The third-order valence-corrected chi connectivity index (χ3v) is 4.66. The summed E-state index contributed by atoms with van der Waals surface area (Å²) in [4.78, 5) is 5.34. The van der Waals surface area contributed by atoms with Gasteiger partial charge in [-0.2, -0.15) is 0 Å². The molecule has 2 nitrogen and oxygen atoms in total. The number of rotatable bonds is 2. The number of hydrogen-bond donors (Lipinski definition) is 1. The van der Waals surface area contributed by atoms with Gasteiger partial charge < -0.3 is 5.73 Å². The summed E-state index contributed by atoms with van der Waals surface area (Å²) in [6.07, 6.45) is 3.69. The molecule has 18 heavy (non-hydrogen) atoms. The molecule has 4 heteroatoms. The zero-order chi connectivity index (χ0) is 12.5. The Morgan fingerprint density at radius 3 is 2.83 bits per heavy atom. The van der Waals surface area contributed by atoms with E-state index in [1.165, 1.54) is 5.39 Å². The van der Waals surface area contributed by atoms with Crippen molar-refractivity contribution < 1.29 is 0 Å². The predicted octanol–water partition coefficient (Wildman–Crippen LogP) is 4.11. The van der Waals surface area contributed by atoms with Gasteiger partial charge in [0.05, 0.1) is 9.83 Å².